The second kappa shape index (κ2) is 8.70. The Kier molecular flexibility index (Phi) is 7.19. The first-order valence-corrected chi connectivity index (χ1v) is 7.21. The van der Waals surface area contributed by atoms with Gasteiger partial charge in [-0.1, -0.05) is 32.9 Å². The quantitative estimate of drug-likeness (QED) is 0.703. The zero-order chi connectivity index (χ0) is 14.1. The van der Waals surface area contributed by atoms with E-state index in [0.717, 1.165) is 31.6 Å². The van der Waals surface area contributed by atoms with Gasteiger partial charge in [0.15, 0.2) is 0 Å². The van der Waals surface area contributed by atoms with Gasteiger partial charge in [0.05, 0.1) is 0 Å². The molecule has 1 aromatic rings. The van der Waals surface area contributed by atoms with Crippen molar-refractivity contribution < 1.29 is 4.79 Å². The third kappa shape index (κ3) is 6.97. The Morgan fingerprint density at radius 3 is 2.47 bits per heavy atom. The van der Waals surface area contributed by atoms with E-state index in [9.17, 15) is 4.79 Å². The van der Waals surface area contributed by atoms with E-state index in [0.29, 0.717) is 12.3 Å². The Bertz CT molecular complexity index is 371. The van der Waals surface area contributed by atoms with Crippen molar-refractivity contribution in [3.8, 4) is 0 Å². The van der Waals surface area contributed by atoms with Gasteiger partial charge < -0.3 is 10.6 Å². The lowest BCUT2D eigenvalue weighted by Crippen LogP contribution is -2.14. The van der Waals surface area contributed by atoms with Crippen LogP contribution in [0.15, 0.2) is 24.3 Å². The Labute approximate surface area is 116 Å². The first-order valence-electron chi connectivity index (χ1n) is 7.21. The van der Waals surface area contributed by atoms with Crippen LogP contribution >= 0.6 is 0 Å². The van der Waals surface area contributed by atoms with Crippen molar-refractivity contribution in [2.45, 2.75) is 46.6 Å². The van der Waals surface area contributed by atoms with Crippen LogP contribution in [0.25, 0.3) is 0 Å². The molecule has 0 aromatic heterocycles. The number of anilines is 1. The maximum atomic E-state index is 11.7. The van der Waals surface area contributed by atoms with E-state index in [4.69, 9.17) is 0 Å². The summed E-state index contributed by atoms with van der Waals surface area (Å²) >= 11 is 0. The molecule has 1 aromatic carbocycles. The molecule has 0 aliphatic heterocycles. The summed E-state index contributed by atoms with van der Waals surface area (Å²) in [5.41, 5.74) is 2.13. The molecule has 2 N–H and O–H groups in total. The first-order chi connectivity index (χ1) is 9.11. The maximum Gasteiger partial charge on any atom is 0.224 e. The van der Waals surface area contributed by atoms with Crippen LogP contribution in [-0.4, -0.2) is 12.5 Å². The van der Waals surface area contributed by atoms with E-state index >= 15 is 0 Å². The summed E-state index contributed by atoms with van der Waals surface area (Å²) in [4.78, 5) is 11.7. The van der Waals surface area contributed by atoms with Gasteiger partial charge in [-0.05, 0) is 43.0 Å². The lowest BCUT2D eigenvalue weighted by molar-refractivity contribution is -0.116. The molecule has 3 heteroatoms. The topological polar surface area (TPSA) is 41.1 Å². The lowest BCUT2D eigenvalue weighted by atomic mass is 10.1. The predicted octanol–water partition coefficient (Wildman–Crippen LogP) is 3.56. The standard InChI is InChI=1S/C16H26N2O/c1-4-11-17-12-14-6-8-15(9-7-14)18-16(19)10-5-13(2)3/h6-9,13,17H,4-5,10-12H2,1-3H3,(H,18,19). The number of rotatable bonds is 8. The van der Waals surface area contributed by atoms with Gasteiger partial charge in [0, 0.05) is 18.7 Å². The van der Waals surface area contributed by atoms with Crippen LogP contribution in [0.3, 0.4) is 0 Å². The van der Waals surface area contributed by atoms with Crippen LogP contribution in [0.4, 0.5) is 5.69 Å². The highest BCUT2D eigenvalue weighted by Crippen LogP contribution is 2.11. The molecule has 3 nitrogen and oxygen atoms in total. The maximum absolute atomic E-state index is 11.7. The largest absolute Gasteiger partial charge is 0.326 e. The molecule has 1 rings (SSSR count). The minimum Gasteiger partial charge on any atom is -0.326 e. The van der Waals surface area contributed by atoms with Gasteiger partial charge in [0.25, 0.3) is 0 Å². The monoisotopic (exact) mass is 262 g/mol. The van der Waals surface area contributed by atoms with Crippen molar-refractivity contribution in [2.24, 2.45) is 5.92 Å². The Balaban J connectivity index is 2.37. The first kappa shape index (κ1) is 15.7. The summed E-state index contributed by atoms with van der Waals surface area (Å²) in [5.74, 6) is 0.670. The summed E-state index contributed by atoms with van der Waals surface area (Å²) in [6.45, 7) is 8.34. The van der Waals surface area contributed by atoms with Crippen molar-refractivity contribution in [3.63, 3.8) is 0 Å². The van der Waals surface area contributed by atoms with Crippen molar-refractivity contribution in [1.29, 1.82) is 0 Å². The number of nitrogens with one attached hydrogen (secondary N) is 2. The highest BCUT2D eigenvalue weighted by atomic mass is 16.1. The van der Waals surface area contributed by atoms with E-state index in [1.54, 1.807) is 0 Å². The van der Waals surface area contributed by atoms with E-state index < -0.39 is 0 Å². The zero-order valence-electron chi connectivity index (χ0n) is 12.3. The molecule has 0 saturated carbocycles. The average molecular weight is 262 g/mol. The van der Waals surface area contributed by atoms with Crippen molar-refractivity contribution in [2.75, 3.05) is 11.9 Å². The minimum absolute atomic E-state index is 0.102. The number of carbonyl (C=O) groups excluding carboxylic acids is 1. The molecule has 0 radical (unpaired) electrons. The summed E-state index contributed by atoms with van der Waals surface area (Å²) in [6, 6.07) is 8.05. The molecular weight excluding hydrogens is 236 g/mol. The highest BCUT2D eigenvalue weighted by molar-refractivity contribution is 5.90. The normalized spacial score (nSPS) is 10.7. The summed E-state index contributed by atoms with van der Waals surface area (Å²) in [7, 11) is 0. The van der Waals surface area contributed by atoms with E-state index in [-0.39, 0.29) is 5.91 Å². The van der Waals surface area contributed by atoms with Crippen LogP contribution in [-0.2, 0) is 11.3 Å². The highest BCUT2D eigenvalue weighted by Gasteiger charge is 2.04. The van der Waals surface area contributed by atoms with Crippen LogP contribution in [0.2, 0.25) is 0 Å². The SMILES string of the molecule is CCCNCc1ccc(NC(=O)CCC(C)C)cc1. The molecule has 0 aliphatic rings. The number of hydrogen-bond acceptors (Lipinski definition) is 2. The molecule has 0 aliphatic carbocycles. The third-order valence-electron chi connectivity index (χ3n) is 2.94. The average Bonchev–Trinajstić information content (AvgIpc) is 2.39. The van der Waals surface area contributed by atoms with Crippen molar-refractivity contribution in [1.82, 2.24) is 5.32 Å². The van der Waals surface area contributed by atoms with Crippen molar-refractivity contribution >= 4 is 11.6 Å². The summed E-state index contributed by atoms with van der Waals surface area (Å²) < 4.78 is 0. The number of amides is 1. The van der Waals surface area contributed by atoms with Gasteiger partial charge in [0.1, 0.15) is 0 Å². The van der Waals surface area contributed by atoms with Crippen molar-refractivity contribution in [3.05, 3.63) is 29.8 Å². The number of carbonyl (C=O) groups is 1. The molecular formula is C16H26N2O. The van der Waals surface area contributed by atoms with Gasteiger partial charge in [-0.2, -0.15) is 0 Å². The second-order valence-corrected chi connectivity index (χ2v) is 5.35. The Hall–Kier alpha value is -1.35. The lowest BCUT2D eigenvalue weighted by Gasteiger charge is -2.08. The van der Waals surface area contributed by atoms with Crippen LogP contribution in [0.5, 0.6) is 0 Å². The van der Waals surface area contributed by atoms with Crippen LogP contribution < -0.4 is 10.6 Å². The van der Waals surface area contributed by atoms with Crippen LogP contribution in [0.1, 0.15) is 45.6 Å². The van der Waals surface area contributed by atoms with Crippen LogP contribution in [0, 0.1) is 5.92 Å². The smallest absolute Gasteiger partial charge is 0.224 e. The zero-order valence-corrected chi connectivity index (χ0v) is 12.3. The molecule has 0 spiro atoms. The van der Waals surface area contributed by atoms with E-state index in [1.807, 2.05) is 12.1 Å². The minimum atomic E-state index is 0.102. The van der Waals surface area contributed by atoms with E-state index in [1.165, 1.54) is 5.56 Å². The molecule has 0 heterocycles. The van der Waals surface area contributed by atoms with Gasteiger partial charge in [0.2, 0.25) is 5.91 Å². The molecule has 0 saturated heterocycles. The number of hydrogen-bond donors (Lipinski definition) is 2. The van der Waals surface area contributed by atoms with Gasteiger partial charge in [-0.25, -0.2) is 0 Å². The molecule has 106 valence electrons. The fraction of sp³-hybridized carbons (Fsp3) is 0.562. The second-order valence-electron chi connectivity index (χ2n) is 5.35. The summed E-state index contributed by atoms with van der Waals surface area (Å²) in [5, 5.41) is 6.29. The number of benzene rings is 1. The molecule has 0 atom stereocenters. The van der Waals surface area contributed by atoms with Gasteiger partial charge in [-0.15, -0.1) is 0 Å². The molecule has 1 amide bonds. The third-order valence-corrected chi connectivity index (χ3v) is 2.94. The van der Waals surface area contributed by atoms with E-state index in [2.05, 4.69) is 43.5 Å². The Morgan fingerprint density at radius 2 is 1.89 bits per heavy atom. The van der Waals surface area contributed by atoms with Gasteiger partial charge in [-0.3, -0.25) is 4.79 Å². The molecule has 0 fully saturated rings. The molecule has 0 unspecified atom stereocenters. The molecule has 0 bridgehead atoms. The van der Waals surface area contributed by atoms with Gasteiger partial charge >= 0.3 is 0 Å². The fourth-order valence-electron chi connectivity index (χ4n) is 1.76. The summed E-state index contributed by atoms with van der Waals surface area (Å²) in [6.07, 6.45) is 2.67. The predicted molar refractivity (Wildman–Crippen MR) is 81.1 cm³/mol. The fourth-order valence-corrected chi connectivity index (χ4v) is 1.76. The Morgan fingerprint density at radius 1 is 1.21 bits per heavy atom. The molecule has 19 heavy (non-hydrogen) atoms.